The molecule has 0 atom stereocenters. The standard InChI is InChI=1S/C22H21N3O3/c1-15-10-19-21(28-15)11-20(22(26)24-13-17-4-3-9-23-12-17)25(19)14-16-5-7-18(27-2)8-6-16/h3-12H,13-14H2,1-2H3,(H,24,26). The SMILES string of the molecule is COc1ccc(Cn2c(C(=O)NCc3cccnc3)cc3oc(C)cc32)cc1. The van der Waals surface area contributed by atoms with Crippen LogP contribution < -0.4 is 10.1 Å². The number of fused-ring (bicyclic) bond motifs is 1. The van der Waals surface area contributed by atoms with E-state index < -0.39 is 0 Å². The molecule has 1 amide bonds. The summed E-state index contributed by atoms with van der Waals surface area (Å²) in [6, 6.07) is 15.4. The average Bonchev–Trinajstić information content (AvgIpc) is 3.24. The molecule has 28 heavy (non-hydrogen) atoms. The lowest BCUT2D eigenvalue weighted by atomic mass is 10.2. The number of nitrogens with one attached hydrogen (secondary N) is 1. The highest BCUT2D eigenvalue weighted by molar-refractivity contribution is 5.97. The van der Waals surface area contributed by atoms with Gasteiger partial charge >= 0.3 is 0 Å². The van der Waals surface area contributed by atoms with Crippen LogP contribution in [0.15, 0.2) is 65.3 Å². The van der Waals surface area contributed by atoms with Gasteiger partial charge in [0.05, 0.1) is 12.6 Å². The molecule has 0 aliphatic carbocycles. The maximum absolute atomic E-state index is 12.9. The van der Waals surface area contributed by atoms with Crippen LogP contribution in [0.5, 0.6) is 5.75 Å². The molecular formula is C22H21N3O3. The van der Waals surface area contributed by atoms with Gasteiger partial charge in [0.15, 0.2) is 5.58 Å². The summed E-state index contributed by atoms with van der Waals surface area (Å²) >= 11 is 0. The number of carbonyl (C=O) groups excluding carboxylic acids is 1. The number of hydrogen-bond acceptors (Lipinski definition) is 4. The summed E-state index contributed by atoms with van der Waals surface area (Å²) in [5.41, 5.74) is 4.19. The van der Waals surface area contributed by atoms with Crippen molar-refractivity contribution in [2.24, 2.45) is 0 Å². The molecule has 142 valence electrons. The fourth-order valence-electron chi connectivity index (χ4n) is 3.21. The molecule has 3 heterocycles. The number of methoxy groups -OCH3 is 1. The Kier molecular flexibility index (Phi) is 4.85. The summed E-state index contributed by atoms with van der Waals surface area (Å²) in [6.45, 7) is 2.88. The van der Waals surface area contributed by atoms with Crippen molar-refractivity contribution in [3.8, 4) is 5.75 Å². The number of rotatable bonds is 6. The minimum atomic E-state index is -0.151. The third-order valence-electron chi connectivity index (χ3n) is 4.62. The fourth-order valence-corrected chi connectivity index (χ4v) is 3.21. The van der Waals surface area contributed by atoms with Crippen LogP contribution in [0.25, 0.3) is 11.1 Å². The Morgan fingerprint density at radius 2 is 2.00 bits per heavy atom. The highest BCUT2D eigenvalue weighted by atomic mass is 16.5. The van der Waals surface area contributed by atoms with Crippen molar-refractivity contribution in [1.82, 2.24) is 14.9 Å². The van der Waals surface area contributed by atoms with Crippen LogP contribution in [0, 0.1) is 6.92 Å². The summed E-state index contributed by atoms with van der Waals surface area (Å²) in [5.74, 6) is 1.47. The van der Waals surface area contributed by atoms with E-state index >= 15 is 0 Å². The van der Waals surface area contributed by atoms with Gasteiger partial charge in [-0.15, -0.1) is 0 Å². The first-order valence-corrected chi connectivity index (χ1v) is 9.04. The molecule has 3 aromatic heterocycles. The van der Waals surface area contributed by atoms with Gasteiger partial charge < -0.3 is 19.0 Å². The van der Waals surface area contributed by atoms with Gasteiger partial charge in [0, 0.05) is 37.6 Å². The number of hydrogen-bond donors (Lipinski definition) is 1. The minimum Gasteiger partial charge on any atom is -0.497 e. The van der Waals surface area contributed by atoms with Crippen molar-refractivity contribution in [1.29, 1.82) is 0 Å². The normalized spacial score (nSPS) is 10.9. The Bertz CT molecular complexity index is 1100. The summed E-state index contributed by atoms with van der Waals surface area (Å²) < 4.78 is 12.9. The predicted octanol–water partition coefficient (Wildman–Crippen LogP) is 3.92. The topological polar surface area (TPSA) is 69.3 Å². The number of furan rings is 1. The second-order valence-electron chi connectivity index (χ2n) is 6.61. The van der Waals surface area contributed by atoms with Crippen LogP contribution in [0.1, 0.15) is 27.4 Å². The number of ether oxygens (including phenoxy) is 1. The number of aromatic nitrogens is 2. The number of aryl methyl sites for hydroxylation is 1. The van der Waals surface area contributed by atoms with Crippen LogP contribution in [-0.4, -0.2) is 22.6 Å². The third-order valence-corrected chi connectivity index (χ3v) is 4.62. The molecule has 0 spiro atoms. The molecule has 0 unspecified atom stereocenters. The van der Waals surface area contributed by atoms with Gasteiger partial charge in [-0.2, -0.15) is 0 Å². The number of amides is 1. The van der Waals surface area contributed by atoms with Gasteiger partial charge in [-0.05, 0) is 36.2 Å². The number of benzene rings is 1. The summed E-state index contributed by atoms with van der Waals surface area (Å²) in [7, 11) is 1.64. The van der Waals surface area contributed by atoms with Crippen LogP contribution in [0.3, 0.4) is 0 Å². The second-order valence-corrected chi connectivity index (χ2v) is 6.61. The van der Waals surface area contributed by atoms with Crippen LogP contribution in [0.2, 0.25) is 0 Å². The van der Waals surface area contributed by atoms with E-state index in [1.807, 2.05) is 54.0 Å². The Morgan fingerprint density at radius 1 is 1.18 bits per heavy atom. The molecule has 0 bridgehead atoms. The highest BCUT2D eigenvalue weighted by Gasteiger charge is 2.18. The van der Waals surface area contributed by atoms with Crippen LogP contribution >= 0.6 is 0 Å². The summed E-state index contributed by atoms with van der Waals surface area (Å²) in [6.07, 6.45) is 3.45. The molecule has 0 aliphatic heterocycles. The second kappa shape index (κ2) is 7.60. The molecule has 1 aromatic carbocycles. The fraction of sp³-hybridized carbons (Fsp3) is 0.182. The molecule has 0 aliphatic rings. The van der Waals surface area contributed by atoms with Crippen LogP contribution in [-0.2, 0) is 13.1 Å². The Labute approximate surface area is 162 Å². The quantitative estimate of drug-likeness (QED) is 0.554. The van der Waals surface area contributed by atoms with Crippen molar-refractivity contribution in [3.05, 3.63) is 83.5 Å². The minimum absolute atomic E-state index is 0.151. The zero-order valence-corrected chi connectivity index (χ0v) is 15.8. The van der Waals surface area contributed by atoms with Gasteiger partial charge in [0.1, 0.15) is 17.2 Å². The van der Waals surface area contributed by atoms with E-state index in [1.54, 1.807) is 25.6 Å². The largest absolute Gasteiger partial charge is 0.497 e. The van der Waals surface area contributed by atoms with Crippen molar-refractivity contribution in [2.75, 3.05) is 7.11 Å². The molecule has 6 heteroatoms. The molecule has 6 nitrogen and oxygen atoms in total. The summed E-state index contributed by atoms with van der Waals surface area (Å²) in [5, 5.41) is 2.96. The smallest absolute Gasteiger partial charge is 0.268 e. The van der Waals surface area contributed by atoms with E-state index in [2.05, 4.69) is 10.3 Å². The van der Waals surface area contributed by atoms with E-state index in [0.717, 1.165) is 28.2 Å². The van der Waals surface area contributed by atoms with Crippen LogP contribution in [0.4, 0.5) is 0 Å². The lowest BCUT2D eigenvalue weighted by molar-refractivity contribution is 0.0942. The average molecular weight is 375 g/mol. The molecule has 4 rings (SSSR count). The van der Waals surface area contributed by atoms with Crippen molar-refractivity contribution < 1.29 is 13.9 Å². The molecular weight excluding hydrogens is 354 g/mol. The number of pyridine rings is 1. The molecule has 4 aromatic rings. The van der Waals surface area contributed by atoms with E-state index in [0.29, 0.717) is 24.4 Å². The highest BCUT2D eigenvalue weighted by Crippen LogP contribution is 2.25. The van der Waals surface area contributed by atoms with Crippen molar-refractivity contribution in [3.63, 3.8) is 0 Å². The first kappa shape index (κ1) is 17.9. The molecule has 0 saturated carbocycles. The Morgan fingerprint density at radius 3 is 2.71 bits per heavy atom. The van der Waals surface area contributed by atoms with Gasteiger partial charge in [0.2, 0.25) is 0 Å². The Hall–Kier alpha value is -3.54. The summed E-state index contributed by atoms with van der Waals surface area (Å²) in [4.78, 5) is 16.9. The van der Waals surface area contributed by atoms with Crippen molar-refractivity contribution >= 4 is 17.0 Å². The number of carbonyl (C=O) groups is 1. The zero-order chi connectivity index (χ0) is 19.5. The Balaban J connectivity index is 1.62. The monoisotopic (exact) mass is 375 g/mol. The third kappa shape index (κ3) is 3.62. The molecule has 0 fully saturated rings. The molecule has 1 N–H and O–H groups in total. The van der Waals surface area contributed by atoms with Gasteiger partial charge in [-0.25, -0.2) is 0 Å². The number of nitrogens with zero attached hydrogens (tertiary/aromatic N) is 2. The predicted molar refractivity (Wildman–Crippen MR) is 106 cm³/mol. The first-order chi connectivity index (χ1) is 13.6. The zero-order valence-electron chi connectivity index (χ0n) is 15.8. The maximum atomic E-state index is 12.9. The van der Waals surface area contributed by atoms with Crippen molar-refractivity contribution in [2.45, 2.75) is 20.0 Å². The molecule has 0 saturated heterocycles. The maximum Gasteiger partial charge on any atom is 0.268 e. The lowest BCUT2D eigenvalue weighted by Gasteiger charge is -2.11. The molecule has 0 radical (unpaired) electrons. The van der Waals surface area contributed by atoms with E-state index in [9.17, 15) is 4.79 Å². The first-order valence-electron chi connectivity index (χ1n) is 9.04. The van der Waals surface area contributed by atoms with Gasteiger partial charge in [0.25, 0.3) is 5.91 Å². The van der Waals surface area contributed by atoms with E-state index in [1.165, 1.54) is 0 Å². The van der Waals surface area contributed by atoms with E-state index in [-0.39, 0.29) is 5.91 Å². The van der Waals surface area contributed by atoms with Gasteiger partial charge in [-0.1, -0.05) is 18.2 Å². The van der Waals surface area contributed by atoms with E-state index in [4.69, 9.17) is 9.15 Å². The van der Waals surface area contributed by atoms with Gasteiger partial charge in [-0.3, -0.25) is 9.78 Å². The lowest BCUT2D eigenvalue weighted by Crippen LogP contribution is -2.25.